The van der Waals surface area contributed by atoms with Crippen LogP contribution in [0.25, 0.3) is 0 Å². The molecule has 5 nitrogen and oxygen atoms in total. The van der Waals surface area contributed by atoms with E-state index in [0.29, 0.717) is 17.8 Å². The quantitative estimate of drug-likeness (QED) is 0.934. The molecule has 0 aliphatic carbocycles. The van der Waals surface area contributed by atoms with Gasteiger partial charge in [0.15, 0.2) is 0 Å². The third-order valence-electron chi connectivity index (χ3n) is 3.74. The first-order valence-corrected chi connectivity index (χ1v) is 8.75. The highest BCUT2D eigenvalue weighted by Crippen LogP contribution is 2.45. The number of hydrogen-bond donors (Lipinski definition) is 1. The molecule has 0 radical (unpaired) electrons. The summed E-state index contributed by atoms with van der Waals surface area (Å²) in [5.41, 5.74) is 6.76. The lowest BCUT2D eigenvalue weighted by atomic mass is 10.2. The molecule has 23 heavy (non-hydrogen) atoms. The van der Waals surface area contributed by atoms with Gasteiger partial charge in [0.05, 0.1) is 17.1 Å². The van der Waals surface area contributed by atoms with Gasteiger partial charge in [0.25, 0.3) is 0 Å². The molecule has 1 atom stereocenters. The molecule has 2 N–H and O–H groups in total. The van der Waals surface area contributed by atoms with Crippen molar-refractivity contribution < 1.29 is 12.8 Å². The summed E-state index contributed by atoms with van der Waals surface area (Å²) in [6, 6.07) is 12.6. The van der Waals surface area contributed by atoms with Crippen LogP contribution in [0.5, 0.6) is 0 Å². The van der Waals surface area contributed by atoms with Gasteiger partial charge in [-0.25, -0.2) is 8.70 Å². The lowest BCUT2D eigenvalue weighted by molar-refractivity contribution is 0.585. The minimum atomic E-state index is -3.89. The van der Waals surface area contributed by atoms with Crippen LogP contribution in [0, 0.1) is 5.82 Å². The molecule has 1 unspecified atom stereocenters. The van der Waals surface area contributed by atoms with Crippen LogP contribution in [-0.2, 0) is 10.2 Å². The van der Waals surface area contributed by atoms with Crippen LogP contribution in [0.4, 0.5) is 21.5 Å². The molecule has 1 aliphatic heterocycles. The third-order valence-corrected chi connectivity index (χ3v) is 5.53. The van der Waals surface area contributed by atoms with Gasteiger partial charge in [0.1, 0.15) is 5.82 Å². The van der Waals surface area contributed by atoms with Gasteiger partial charge in [-0.1, -0.05) is 24.3 Å². The van der Waals surface area contributed by atoms with Gasteiger partial charge in [-0.05, 0) is 37.6 Å². The first-order valence-electron chi connectivity index (χ1n) is 7.35. The molecule has 2 aromatic rings. The molecule has 0 saturated heterocycles. The molecule has 0 spiro atoms. The maximum Gasteiger partial charge on any atom is 0.331 e. The highest BCUT2D eigenvalue weighted by molar-refractivity contribution is 7.95. The average molecular weight is 335 g/mol. The fourth-order valence-corrected chi connectivity index (χ4v) is 4.36. The highest BCUT2D eigenvalue weighted by atomic mass is 32.2. The molecule has 1 aliphatic rings. The second-order valence-electron chi connectivity index (χ2n) is 5.55. The van der Waals surface area contributed by atoms with E-state index >= 15 is 0 Å². The van der Waals surface area contributed by atoms with Crippen LogP contribution in [0.3, 0.4) is 0 Å². The number of nitrogens with two attached hydrogens (primary N) is 1. The van der Waals surface area contributed by atoms with Crippen molar-refractivity contribution in [3.63, 3.8) is 0 Å². The van der Waals surface area contributed by atoms with Crippen LogP contribution in [-0.4, -0.2) is 21.0 Å². The normalized spacial score (nSPS) is 17.2. The summed E-state index contributed by atoms with van der Waals surface area (Å²) in [5.74, 6) is -0.583. The molecule has 0 fully saturated rings. The number of anilines is 3. The van der Waals surface area contributed by atoms with Gasteiger partial charge in [0, 0.05) is 12.6 Å². The van der Waals surface area contributed by atoms with E-state index in [9.17, 15) is 12.8 Å². The summed E-state index contributed by atoms with van der Waals surface area (Å²) in [7, 11) is -3.89. The van der Waals surface area contributed by atoms with Crippen molar-refractivity contribution >= 4 is 27.3 Å². The lowest BCUT2D eigenvalue weighted by Gasteiger charge is -2.22. The number of nitrogens with zero attached hydrogens (tertiary/aromatic N) is 2. The van der Waals surface area contributed by atoms with Crippen LogP contribution >= 0.6 is 0 Å². The fraction of sp³-hybridized carbons (Fsp3) is 0.250. The Labute approximate surface area is 135 Å². The number of rotatable bonds is 4. The van der Waals surface area contributed by atoms with Gasteiger partial charge in [-0.15, -0.1) is 0 Å². The van der Waals surface area contributed by atoms with Gasteiger partial charge < -0.3 is 5.73 Å². The average Bonchev–Trinajstić information content (AvgIpc) is 2.72. The summed E-state index contributed by atoms with van der Waals surface area (Å²) < 4.78 is 42.4. The molecule has 0 bridgehead atoms. The number of benzene rings is 2. The Kier molecular flexibility index (Phi) is 3.99. The van der Waals surface area contributed by atoms with Gasteiger partial charge >= 0.3 is 10.2 Å². The Hall–Kier alpha value is -2.12. The summed E-state index contributed by atoms with van der Waals surface area (Å²) in [4.78, 5) is 0. The van der Waals surface area contributed by atoms with E-state index in [0.717, 1.165) is 4.31 Å². The first-order chi connectivity index (χ1) is 10.9. The van der Waals surface area contributed by atoms with Crippen molar-refractivity contribution in [2.45, 2.75) is 19.4 Å². The molecule has 0 amide bonds. The SMILES string of the molecule is CC(N)CCN1c2ccccc2N(c2ccccc2F)S1(=O)=O. The Bertz CT molecular complexity index is 824. The smallest absolute Gasteiger partial charge is 0.328 e. The van der Waals surface area contributed by atoms with E-state index in [4.69, 9.17) is 5.73 Å². The van der Waals surface area contributed by atoms with E-state index < -0.39 is 16.0 Å². The molecule has 3 rings (SSSR count). The van der Waals surface area contributed by atoms with Crippen LogP contribution < -0.4 is 14.3 Å². The zero-order valence-electron chi connectivity index (χ0n) is 12.7. The predicted octanol–water partition coefficient (Wildman–Crippen LogP) is 2.77. The summed E-state index contributed by atoms with van der Waals surface area (Å²) in [5, 5.41) is 0. The Morgan fingerprint density at radius 1 is 1.04 bits per heavy atom. The summed E-state index contributed by atoms with van der Waals surface area (Å²) in [6.45, 7) is 2.07. The molecule has 122 valence electrons. The summed E-state index contributed by atoms with van der Waals surface area (Å²) >= 11 is 0. The fourth-order valence-electron chi connectivity index (χ4n) is 2.62. The van der Waals surface area contributed by atoms with Crippen molar-refractivity contribution in [3.8, 4) is 0 Å². The monoisotopic (exact) mass is 335 g/mol. The maximum atomic E-state index is 14.2. The molecule has 2 aromatic carbocycles. The highest BCUT2D eigenvalue weighted by Gasteiger charge is 2.41. The summed E-state index contributed by atoms with van der Waals surface area (Å²) in [6.07, 6.45) is 0.513. The zero-order chi connectivity index (χ0) is 16.6. The Morgan fingerprint density at radius 2 is 1.61 bits per heavy atom. The van der Waals surface area contributed by atoms with E-state index in [1.165, 1.54) is 22.5 Å². The van der Waals surface area contributed by atoms with Crippen LogP contribution in [0.15, 0.2) is 48.5 Å². The van der Waals surface area contributed by atoms with Gasteiger partial charge in [-0.2, -0.15) is 8.42 Å². The van der Waals surface area contributed by atoms with Gasteiger partial charge in [0.2, 0.25) is 0 Å². The number of hydrogen-bond acceptors (Lipinski definition) is 3. The number of para-hydroxylation sites is 3. The molecule has 0 aromatic heterocycles. The standard InChI is InChI=1S/C16H18FN3O2S/c1-12(18)10-11-19-15-8-4-5-9-16(15)20(23(19,21)22)14-7-3-2-6-13(14)17/h2-9,12H,10-11,18H2,1H3. The van der Waals surface area contributed by atoms with Crippen LogP contribution in [0.2, 0.25) is 0 Å². The predicted molar refractivity (Wildman–Crippen MR) is 89.5 cm³/mol. The minimum Gasteiger partial charge on any atom is -0.328 e. The van der Waals surface area contributed by atoms with Crippen molar-refractivity contribution in [3.05, 3.63) is 54.3 Å². The molecule has 7 heteroatoms. The minimum absolute atomic E-state index is 0.0169. The molecular weight excluding hydrogens is 317 g/mol. The number of halogens is 1. The molecule has 1 heterocycles. The maximum absolute atomic E-state index is 14.2. The second-order valence-corrected chi connectivity index (χ2v) is 7.25. The second kappa shape index (κ2) is 5.82. The first kappa shape index (κ1) is 15.8. The largest absolute Gasteiger partial charge is 0.331 e. The van der Waals surface area contributed by atoms with Crippen molar-refractivity contribution in [2.75, 3.05) is 15.2 Å². The van der Waals surface area contributed by atoms with Gasteiger partial charge in [-0.3, -0.25) is 4.31 Å². The van der Waals surface area contributed by atoms with Crippen molar-refractivity contribution in [2.24, 2.45) is 5.73 Å². The third kappa shape index (κ3) is 2.66. The lowest BCUT2D eigenvalue weighted by Crippen LogP contribution is -2.37. The van der Waals surface area contributed by atoms with Crippen molar-refractivity contribution in [1.82, 2.24) is 0 Å². The molecule has 0 saturated carbocycles. The zero-order valence-corrected chi connectivity index (χ0v) is 13.5. The number of fused-ring (bicyclic) bond motifs is 1. The Morgan fingerprint density at radius 3 is 2.22 bits per heavy atom. The Balaban J connectivity index is 2.13. The van der Waals surface area contributed by atoms with E-state index in [-0.39, 0.29) is 18.3 Å². The molecular formula is C16H18FN3O2S. The van der Waals surface area contributed by atoms with E-state index in [1.54, 1.807) is 30.3 Å². The van der Waals surface area contributed by atoms with Crippen LogP contribution in [0.1, 0.15) is 13.3 Å². The van der Waals surface area contributed by atoms with Crippen molar-refractivity contribution in [1.29, 1.82) is 0 Å². The van der Waals surface area contributed by atoms with E-state index in [2.05, 4.69) is 0 Å². The topological polar surface area (TPSA) is 66.6 Å². The van der Waals surface area contributed by atoms with E-state index in [1.807, 2.05) is 6.92 Å².